The van der Waals surface area contributed by atoms with Crippen LogP contribution in [0.1, 0.15) is 39.2 Å². The molecule has 1 aliphatic rings. The van der Waals surface area contributed by atoms with Crippen molar-refractivity contribution >= 4 is 29.1 Å². The molecule has 1 fully saturated rings. The Morgan fingerprint density at radius 2 is 2.14 bits per heavy atom. The van der Waals surface area contributed by atoms with E-state index in [2.05, 4.69) is 49.6 Å². The van der Waals surface area contributed by atoms with E-state index < -0.39 is 0 Å². The molecule has 0 aromatic heterocycles. The molecule has 2 rings (SSSR count). The van der Waals surface area contributed by atoms with Gasteiger partial charge in [0.1, 0.15) is 0 Å². The number of anilines is 1. The highest BCUT2D eigenvalue weighted by molar-refractivity contribution is 8.00. The summed E-state index contributed by atoms with van der Waals surface area (Å²) in [6, 6.07) is 6.47. The first kappa shape index (κ1) is 17.0. The SMILES string of the molecule is CCC(N)Cc1cc(Cl)ccc1N1CCSC(C)(C)CC1. The van der Waals surface area contributed by atoms with Gasteiger partial charge in [0.05, 0.1) is 0 Å². The Morgan fingerprint density at radius 1 is 1.38 bits per heavy atom. The molecule has 1 aromatic rings. The summed E-state index contributed by atoms with van der Waals surface area (Å²) < 4.78 is 0.376. The van der Waals surface area contributed by atoms with Crippen molar-refractivity contribution in [2.24, 2.45) is 5.73 Å². The van der Waals surface area contributed by atoms with Crippen molar-refractivity contribution in [1.82, 2.24) is 0 Å². The number of thioether (sulfide) groups is 1. The first-order valence-electron chi connectivity index (χ1n) is 7.84. The molecule has 2 N–H and O–H groups in total. The quantitative estimate of drug-likeness (QED) is 0.892. The Bertz CT molecular complexity index is 476. The van der Waals surface area contributed by atoms with Crippen molar-refractivity contribution in [3.63, 3.8) is 0 Å². The first-order chi connectivity index (χ1) is 9.91. The Labute approximate surface area is 138 Å². The Hall–Kier alpha value is -0.380. The van der Waals surface area contributed by atoms with Gasteiger partial charge in [-0.25, -0.2) is 0 Å². The zero-order valence-electron chi connectivity index (χ0n) is 13.4. The zero-order valence-corrected chi connectivity index (χ0v) is 14.9. The molecule has 1 aromatic carbocycles. The average Bonchev–Trinajstić information content (AvgIpc) is 2.60. The second kappa shape index (κ2) is 7.26. The molecule has 1 atom stereocenters. The van der Waals surface area contributed by atoms with E-state index in [-0.39, 0.29) is 6.04 Å². The topological polar surface area (TPSA) is 29.3 Å². The maximum absolute atomic E-state index is 6.20. The number of benzene rings is 1. The van der Waals surface area contributed by atoms with Crippen LogP contribution in [0.5, 0.6) is 0 Å². The molecule has 0 saturated carbocycles. The third-order valence-corrected chi connectivity index (χ3v) is 5.83. The van der Waals surface area contributed by atoms with Crippen LogP contribution < -0.4 is 10.6 Å². The molecule has 2 nitrogen and oxygen atoms in total. The van der Waals surface area contributed by atoms with E-state index in [1.54, 1.807) is 0 Å². The van der Waals surface area contributed by atoms with Crippen LogP contribution in [0.25, 0.3) is 0 Å². The number of nitrogens with two attached hydrogens (primary N) is 1. The van der Waals surface area contributed by atoms with E-state index in [1.165, 1.54) is 23.4 Å². The molecule has 1 aliphatic heterocycles. The summed E-state index contributed by atoms with van der Waals surface area (Å²) in [5.41, 5.74) is 8.78. The number of hydrogen-bond donors (Lipinski definition) is 1. The van der Waals surface area contributed by atoms with Gasteiger partial charge in [0.25, 0.3) is 0 Å². The van der Waals surface area contributed by atoms with Gasteiger partial charge in [-0.15, -0.1) is 0 Å². The fourth-order valence-electron chi connectivity index (χ4n) is 2.71. The van der Waals surface area contributed by atoms with Crippen LogP contribution in [0, 0.1) is 0 Å². The standard InChI is InChI=1S/C17H27ClN2S/c1-4-15(19)12-13-11-14(18)5-6-16(13)20-8-7-17(2,3)21-10-9-20/h5-6,11,15H,4,7-10,12,19H2,1-3H3. The van der Waals surface area contributed by atoms with Crippen molar-refractivity contribution in [2.45, 2.75) is 50.8 Å². The zero-order chi connectivity index (χ0) is 15.5. The summed E-state index contributed by atoms with van der Waals surface area (Å²) in [6.07, 6.45) is 3.10. The molecule has 1 unspecified atom stereocenters. The highest BCUT2D eigenvalue weighted by atomic mass is 35.5. The van der Waals surface area contributed by atoms with Gasteiger partial charge in [0.15, 0.2) is 0 Å². The third-order valence-electron chi connectivity index (χ3n) is 4.23. The van der Waals surface area contributed by atoms with Crippen LogP contribution in [0.4, 0.5) is 5.69 Å². The van der Waals surface area contributed by atoms with Crippen LogP contribution >= 0.6 is 23.4 Å². The Kier molecular flexibility index (Phi) is 5.87. The molecule has 21 heavy (non-hydrogen) atoms. The molecule has 0 radical (unpaired) electrons. The molecule has 0 bridgehead atoms. The van der Waals surface area contributed by atoms with Crippen LogP contribution in [0.2, 0.25) is 5.02 Å². The molecule has 1 heterocycles. The van der Waals surface area contributed by atoms with Gasteiger partial charge in [-0.2, -0.15) is 11.8 Å². The lowest BCUT2D eigenvalue weighted by Crippen LogP contribution is -2.29. The van der Waals surface area contributed by atoms with Gasteiger partial charge in [-0.3, -0.25) is 0 Å². The number of halogens is 1. The first-order valence-corrected chi connectivity index (χ1v) is 9.20. The van der Waals surface area contributed by atoms with E-state index in [1.807, 2.05) is 6.07 Å². The van der Waals surface area contributed by atoms with Gasteiger partial charge < -0.3 is 10.6 Å². The minimum atomic E-state index is 0.208. The van der Waals surface area contributed by atoms with Gasteiger partial charge in [-0.1, -0.05) is 32.4 Å². The normalized spacial score (nSPS) is 20.1. The van der Waals surface area contributed by atoms with E-state index in [0.29, 0.717) is 4.75 Å². The van der Waals surface area contributed by atoms with Crippen molar-refractivity contribution in [2.75, 3.05) is 23.7 Å². The van der Waals surface area contributed by atoms with Crippen LogP contribution in [-0.4, -0.2) is 29.6 Å². The average molecular weight is 327 g/mol. The molecule has 0 amide bonds. The van der Waals surface area contributed by atoms with Crippen molar-refractivity contribution < 1.29 is 0 Å². The van der Waals surface area contributed by atoms with Crippen LogP contribution in [0.3, 0.4) is 0 Å². The molecule has 1 saturated heterocycles. The third kappa shape index (κ3) is 4.80. The summed E-state index contributed by atoms with van der Waals surface area (Å²) in [4.78, 5) is 2.51. The van der Waals surface area contributed by atoms with Gasteiger partial charge in [0.2, 0.25) is 0 Å². The fraction of sp³-hybridized carbons (Fsp3) is 0.647. The van der Waals surface area contributed by atoms with Crippen molar-refractivity contribution in [3.05, 3.63) is 28.8 Å². The van der Waals surface area contributed by atoms with Crippen molar-refractivity contribution in [3.8, 4) is 0 Å². The molecule has 0 spiro atoms. The largest absolute Gasteiger partial charge is 0.370 e. The second-order valence-corrected chi connectivity index (χ2v) is 8.73. The lowest BCUT2D eigenvalue weighted by molar-refractivity contribution is 0.628. The minimum Gasteiger partial charge on any atom is -0.370 e. The summed E-state index contributed by atoms with van der Waals surface area (Å²) in [5, 5.41) is 0.807. The monoisotopic (exact) mass is 326 g/mol. The summed E-state index contributed by atoms with van der Waals surface area (Å²) in [7, 11) is 0. The molecular formula is C17H27ClN2S. The molecule has 4 heteroatoms. The summed E-state index contributed by atoms with van der Waals surface area (Å²) in [5.74, 6) is 1.18. The smallest absolute Gasteiger partial charge is 0.0410 e. The maximum Gasteiger partial charge on any atom is 0.0410 e. The van der Waals surface area contributed by atoms with Gasteiger partial charge >= 0.3 is 0 Å². The fourth-order valence-corrected chi connectivity index (χ4v) is 4.01. The molecule has 118 valence electrons. The van der Waals surface area contributed by atoms with Crippen LogP contribution in [0.15, 0.2) is 18.2 Å². The maximum atomic E-state index is 6.20. The lowest BCUT2D eigenvalue weighted by atomic mass is 10.0. The van der Waals surface area contributed by atoms with Gasteiger partial charge in [0, 0.05) is 40.3 Å². The number of nitrogens with zero attached hydrogens (tertiary/aromatic N) is 1. The number of hydrogen-bond acceptors (Lipinski definition) is 3. The van der Waals surface area contributed by atoms with E-state index in [9.17, 15) is 0 Å². The predicted molar refractivity (Wildman–Crippen MR) is 96.8 cm³/mol. The Morgan fingerprint density at radius 3 is 2.86 bits per heavy atom. The summed E-state index contributed by atoms with van der Waals surface area (Å²) in [6.45, 7) is 9.04. The Balaban J connectivity index is 2.21. The highest BCUT2D eigenvalue weighted by Gasteiger charge is 2.24. The lowest BCUT2D eigenvalue weighted by Gasteiger charge is -2.27. The molecule has 0 aliphatic carbocycles. The highest BCUT2D eigenvalue weighted by Crippen LogP contribution is 2.34. The van der Waals surface area contributed by atoms with E-state index in [0.717, 1.165) is 31.0 Å². The van der Waals surface area contributed by atoms with Crippen LogP contribution in [-0.2, 0) is 6.42 Å². The summed E-state index contributed by atoms with van der Waals surface area (Å²) >= 11 is 8.27. The van der Waals surface area contributed by atoms with E-state index >= 15 is 0 Å². The van der Waals surface area contributed by atoms with Crippen molar-refractivity contribution in [1.29, 1.82) is 0 Å². The minimum absolute atomic E-state index is 0.208. The second-order valence-electron chi connectivity index (χ2n) is 6.49. The predicted octanol–water partition coefficient (Wildman–Crippen LogP) is 4.34. The molecular weight excluding hydrogens is 300 g/mol. The van der Waals surface area contributed by atoms with Gasteiger partial charge in [-0.05, 0) is 43.0 Å². The number of rotatable bonds is 4. The van der Waals surface area contributed by atoms with E-state index in [4.69, 9.17) is 17.3 Å².